The van der Waals surface area contributed by atoms with Gasteiger partial charge in [0.15, 0.2) is 9.84 Å². The van der Waals surface area contributed by atoms with Crippen LogP contribution in [0.5, 0.6) is 0 Å². The molecule has 0 unspecified atom stereocenters. The van der Waals surface area contributed by atoms with Crippen LogP contribution in [0.1, 0.15) is 20.3 Å². The number of hydrogen-bond acceptors (Lipinski definition) is 5. The third-order valence-electron chi connectivity index (χ3n) is 4.62. The Morgan fingerprint density at radius 3 is 2.78 bits per heavy atom. The van der Waals surface area contributed by atoms with E-state index in [0.29, 0.717) is 28.9 Å². The molecule has 3 rings (SSSR count). The zero-order chi connectivity index (χ0) is 19.8. The number of amides is 1. The topological polar surface area (TPSA) is 89.3 Å². The highest BCUT2D eigenvalue weighted by Crippen LogP contribution is 2.20. The third-order valence-corrected chi connectivity index (χ3v) is 6.61. The molecule has 1 amide bonds. The fourth-order valence-electron chi connectivity index (χ4n) is 3.35. The van der Waals surface area contributed by atoms with Crippen molar-refractivity contribution in [1.82, 2.24) is 14.5 Å². The minimum atomic E-state index is -3.11. The van der Waals surface area contributed by atoms with Crippen LogP contribution in [0.4, 0.5) is 0 Å². The number of fused-ring (bicyclic) bond motifs is 1. The number of sulfone groups is 1. The van der Waals surface area contributed by atoms with E-state index in [1.165, 1.54) is 17.0 Å². The van der Waals surface area contributed by atoms with Gasteiger partial charge in [0.05, 0.1) is 28.7 Å². The molecule has 0 saturated carbocycles. The van der Waals surface area contributed by atoms with Gasteiger partial charge in [-0.1, -0.05) is 25.4 Å². The molecule has 0 aliphatic carbocycles. The highest BCUT2D eigenvalue weighted by atomic mass is 35.5. The summed E-state index contributed by atoms with van der Waals surface area (Å²) in [6.45, 7) is 4.20. The number of aromatic nitrogens is 2. The summed E-state index contributed by atoms with van der Waals surface area (Å²) in [6.07, 6.45) is 1.77. The summed E-state index contributed by atoms with van der Waals surface area (Å²) < 4.78 is 24.9. The molecule has 0 radical (unpaired) electrons. The van der Waals surface area contributed by atoms with Crippen molar-refractivity contribution in [2.45, 2.75) is 32.9 Å². The van der Waals surface area contributed by atoms with E-state index in [0.717, 1.165) is 0 Å². The van der Waals surface area contributed by atoms with E-state index in [1.54, 1.807) is 17.0 Å². The molecule has 9 heteroatoms. The van der Waals surface area contributed by atoms with Crippen molar-refractivity contribution in [1.29, 1.82) is 0 Å². The molecule has 0 N–H and O–H groups in total. The lowest BCUT2D eigenvalue weighted by Crippen LogP contribution is -2.45. The predicted octanol–water partition coefficient (Wildman–Crippen LogP) is 1.72. The van der Waals surface area contributed by atoms with Crippen LogP contribution in [0.25, 0.3) is 10.9 Å². The van der Waals surface area contributed by atoms with Gasteiger partial charge in [-0.2, -0.15) is 0 Å². The maximum absolute atomic E-state index is 12.9. The van der Waals surface area contributed by atoms with E-state index in [2.05, 4.69) is 4.98 Å². The van der Waals surface area contributed by atoms with Gasteiger partial charge in [0.1, 0.15) is 6.54 Å². The van der Waals surface area contributed by atoms with Crippen molar-refractivity contribution >= 4 is 38.2 Å². The van der Waals surface area contributed by atoms with Crippen LogP contribution < -0.4 is 5.56 Å². The zero-order valence-electron chi connectivity index (χ0n) is 15.3. The van der Waals surface area contributed by atoms with E-state index >= 15 is 0 Å². The van der Waals surface area contributed by atoms with Crippen LogP contribution in [0.2, 0.25) is 5.02 Å². The van der Waals surface area contributed by atoms with E-state index in [4.69, 9.17) is 11.6 Å². The second-order valence-corrected chi connectivity index (χ2v) is 10.0. The van der Waals surface area contributed by atoms with E-state index in [9.17, 15) is 18.0 Å². The van der Waals surface area contributed by atoms with Gasteiger partial charge in [-0.25, -0.2) is 13.4 Å². The maximum Gasteiger partial charge on any atom is 0.261 e. The van der Waals surface area contributed by atoms with Crippen LogP contribution in [0.3, 0.4) is 0 Å². The molecule has 0 bridgehead atoms. The monoisotopic (exact) mass is 411 g/mol. The molecule has 1 saturated heterocycles. The fraction of sp³-hybridized carbons (Fsp3) is 0.500. The second-order valence-electron chi connectivity index (χ2n) is 7.34. The minimum Gasteiger partial charge on any atom is -0.337 e. The first-order valence-corrected chi connectivity index (χ1v) is 11.0. The second kappa shape index (κ2) is 7.59. The van der Waals surface area contributed by atoms with Crippen LogP contribution in [-0.4, -0.2) is 52.9 Å². The van der Waals surface area contributed by atoms with Crippen molar-refractivity contribution in [3.8, 4) is 0 Å². The smallest absolute Gasteiger partial charge is 0.261 e. The molecular weight excluding hydrogens is 390 g/mol. The highest BCUT2D eigenvalue weighted by Gasteiger charge is 2.34. The van der Waals surface area contributed by atoms with Gasteiger partial charge >= 0.3 is 0 Å². The standard InChI is InChI=1S/C18H22ClN3O4S/c1-12(2)8-22(14-5-6-27(25,26)10-14)17(23)9-21-11-20-16-4-3-13(19)7-15(16)18(21)24/h3-4,7,11-12,14H,5-6,8-10H2,1-2H3/t14-/m0/s1. The Bertz CT molecular complexity index is 1030. The number of nitrogens with zero attached hydrogens (tertiary/aromatic N) is 3. The first kappa shape index (κ1) is 19.8. The molecule has 1 aliphatic rings. The number of hydrogen-bond donors (Lipinski definition) is 0. The number of benzene rings is 1. The Balaban J connectivity index is 1.88. The number of halogens is 1. The Labute approximate surface area is 162 Å². The number of rotatable bonds is 5. The molecule has 146 valence electrons. The summed E-state index contributed by atoms with van der Waals surface area (Å²) in [7, 11) is -3.11. The molecule has 0 spiro atoms. The SMILES string of the molecule is CC(C)CN(C(=O)Cn1cnc2ccc(Cl)cc2c1=O)[C@H]1CCS(=O)(=O)C1. The van der Waals surface area contributed by atoms with Crippen molar-refractivity contribution in [3.05, 3.63) is 39.9 Å². The average Bonchev–Trinajstić information content (AvgIpc) is 2.95. The summed E-state index contributed by atoms with van der Waals surface area (Å²) >= 11 is 5.96. The average molecular weight is 412 g/mol. The molecule has 27 heavy (non-hydrogen) atoms. The predicted molar refractivity (Wildman–Crippen MR) is 105 cm³/mol. The molecule has 1 fully saturated rings. The summed E-state index contributed by atoms with van der Waals surface area (Å²) in [5.74, 6) is -0.0276. The first-order valence-electron chi connectivity index (χ1n) is 8.81. The molecule has 2 aromatic rings. The molecule has 1 aliphatic heterocycles. The normalized spacial score (nSPS) is 18.9. The minimum absolute atomic E-state index is 0.0219. The molecule has 1 aromatic heterocycles. The lowest BCUT2D eigenvalue weighted by molar-refractivity contribution is -0.134. The summed E-state index contributed by atoms with van der Waals surface area (Å²) in [6, 6.07) is 4.49. The van der Waals surface area contributed by atoms with Crippen molar-refractivity contribution in [3.63, 3.8) is 0 Å². The van der Waals surface area contributed by atoms with Crippen molar-refractivity contribution in [2.24, 2.45) is 5.92 Å². The molecule has 1 aromatic carbocycles. The Hall–Kier alpha value is -1.93. The first-order chi connectivity index (χ1) is 12.7. The zero-order valence-corrected chi connectivity index (χ0v) is 16.8. The summed E-state index contributed by atoms with van der Waals surface area (Å²) in [4.78, 5) is 31.4. The maximum atomic E-state index is 12.9. The lowest BCUT2D eigenvalue weighted by Gasteiger charge is -2.30. The Morgan fingerprint density at radius 2 is 2.15 bits per heavy atom. The van der Waals surface area contributed by atoms with Gasteiger partial charge in [0.25, 0.3) is 5.56 Å². The van der Waals surface area contributed by atoms with Crippen LogP contribution in [0.15, 0.2) is 29.3 Å². The van der Waals surface area contributed by atoms with Crippen LogP contribution >= 0.6 is 11.6 Å². The van der Waals surface area contributed by atoms with Crippen LogP contribution in [-0.2, 0) is 21.2 Å². The third kappa shape index (κ3) is 4.50. The largest absolute Gasteiger partial charge is 0.337 e. The van der Waals surface area contributed by atoms with Gasteiger partial charge in [0.2, 0.25) is 5.91 Å². The summed E-state index contributed by atoms with van der Waals surface area (Å²) in [5.41, 5.74) is 0.161. The lowest BCUT2D eigenvalue weighted by atomic mass is 10.1. The highest BCUT2D eigenvalue weighted by molar-refractivity contribution is 7.91. The summed E-state index contributed by atoms with van der Waals surface area (Å²) in [5, 5.41) is 0.764. The number of carbonyl (C=O) groups is 1. The number of carbonyl (C=O) groups excluding carboxylic acids is 1. The Kier molecular flexibility index (Phi) is 5.58. The molecule has 2 heterocycles. The van der Waals surface area contributed by atoms with Crippen LogP contribution in [0, 0.1) is 5.92 Å². The van der Waals surface area contributed by atoms with E-state index in [-0.39, 0.29) is 41.5 Å². The quantitative estimate of drug-likeness (QED) is 0.747. The van der Waals surface area contributed by atoms with Gasteiger partial charge in [-0.15, -0.1) is 0 Å². The Morgan fingerprint density at radius 1 is 1.41 bits per heavy atom. The van der Waals surface area contributed by atoms with Gasteiger partial charge < -0.3 is 4.90 Å². The van der Waals surface area contributed by atoms with Gasteiger partial charge in [-0.3, -0.25) is 14.2 Å². The van der Waals surface area contributed by atoms with Crippen molar-refractivity contribution in [2.75, 3.05) is 18.1 Å². The van der Waals surface area contributed by atoms with Crippen molar-refractivity contribution < 1.29 is 13.2 Å². The van der Waals surface area contributed by atoms with Gasteiger partial charge in [-0.05, 0) is 30.5 Å². The molecule has 7 nitrogen and oxygen atoms in total. The van der Waals surface area contributed by atoms with E-state index in [1.807, 2.05) is 13.8 Å². The van der Waals surface area contributed by atoms with Gasteiger partial charge in [0, 0.05) is 17.6 Å². The molecule has 1 atom stereocenters. The van der Waals surface area contributed by atoms with E-state index < -0.39 is 9.84 Å². The molecular formula is C18H22ClN3O4S. The fourth-order valence-corrected chi connectivity index (χ4v) is 5.25.